The van der Waals surface area contributed by atoms with Crippen molar-refractivity contribution in [3.8, 4) is 0 Å². The van der Waals surface area contributed by atoms with E-state index in [4.69, 9.17) is 11.6 Å². The molecule has 2 heterocycles. The molecule has 1 atom stereocenters. The molecule has 6 nitrogen and oxygen atoms in total. The Bertz CT molecular complexity index is 1420. The minimum absolute atomic E-state index is 0.0585. The van der Waals surface area contributed by atoms with Gasteiger partial charge in [-0.25, -0.2) is 12.8 Å². The number of aryl methyl sites for hydroxylation is 1. The molecule has 1 fully saturated rings. The van der Waals surface area contributed by atoms with E-state index in [1.165, 1.54) is 29.2 Å². The van der Waals surface area contributed by atoms with Crippen LogP contribution in [0.1, 0.15) is 16.7 Å². The maximum atomic E-state index is 14.6. The molecule has 0 aromatic heterocycles. The minimum atomic E-state index is -4.30. The maximum Gasteiger partial charge on any atom is 0.274 e. The van der Waals surface area contributed by atoms with Gasteiger partial charge in [0, 0.05) is 21.8 Å². The lowest BCUT2D eigenvalue weighted by Gasteiger charge is -2.32. The topological polar surface area (TPSA) is 74.8 Å². The van der Waals surface area contributed by atoms with Crippen LogP contribution in [-0.4, -0.2) is 26.0 Å². The van der Waals surface area contributed by atoms with E-state index < -0.39 is 38.1 Å². The first-order chi connectivity index (χ1) is 15.7. The second kappa shape index (κ2) is 7.40. The number of amides is 2. The van der Waals surface area contributed by atoms with E-state index in [-0.39, 0.29) is 28.4 Å². The Hall–Kier alpha value is -3.23. The summed E-state index contributed by atoms with van der Waals surface area (Å²) in [5, 5.41) is 0.113. The second-order valence-corrected chi connectivity index (χ2v) is 10.6. The number of carbonyl (C=O) groups is 2. The van der Waals surface area contributed by atoms with Crippen LogP contribution in [0.4, 0.5) is 15.8 Å². The van der Waals surface area contributed by atoms with Gasteiger partial charge in [-0.2, -0.15) is 0 Å². The fraction of sp³-hybridized carbons (Fsp3) is 0.167. The van der Waals surface area contributed by atoms with Crippen LogP contribution in [0.2, 0.25) is 5.02 Å². The molecule has 3 aromatic rings. The quantitative estimate of drug-likeness (QED) is 0.564. The van der Waals surface area contributed by atoms with Crippen molar-refractivity contribution in [1.29, 1.82) is 0 Å². The summed E-state index contributed by atoms with van der Waals surface area (Å²) in [6.45, 7) is 1.52. The Balaban J connectivity index is 1.76. The van der Waals surface area contributed by atoms with Crippen LogP contribution >= 0.6 is 11.6 Å². The molecule has 0 saturated carbocycles. The molecule has 2 amide bonds. The van der Waals surface area contributed by atoms with Crippen LogP contribution in [0.15, 0.2) is 66.7 Å². The first-order valence-electron chi connectivity index (χ1n) is 10.1. The van der Waals surface area contributed by atoms with Gasteiger partial charge in [0.05, 0.1) is 12.2 Å². The lowest BCUT2D eigenvalue weighted by molar-refractivity contribution is -0.123. The summed E-state index contributed by atoms with van der Waals surface area (Å²) in [5.41, 5.74) is 1.61. The molecule has 0 aliphatic carbocycles. The van der Waals surface area contributed by atoms with Gasteiger partial charge >= 0.3 is 0 Å². The van der Waals surface area contributed by atoms with Gasteiger partial charge in [-0.3, -0.25) is 14.5 Å². The van der Waals surface area contributed by atoms with Crippen molar-refractivity contribution in [3.63, 3.8) is 0 Å². The Kier molecular flexibility index (Phi) is 4.84. The van der Waals surface area contributed by atoms with Crippen LogP contribution in [0.5, 0.6) is 0 Å². The molecule has 9 heteroatoms. The molecule has 3 aromatic carbocycles. The van der Waals surface area contributed by atoms with Crippen molar-refractivity contribution in [3.05, 3.63) is 94.3 Å². The number of fused-ring (bicyclic) bond motifs is 2. The standard InChI is InChI=1S/C24H18ClFN2O4S/c1-15-6-4-7-16(12-15)28-22(29)14-33(31,32)24(28)18-8-2-3-11-21(18)27(23(24)30)13-17-19(25)9-5-10-20(17)26/h2-12H,13-14H2,1H3/t24-/m0/s1. The van der Waals surface area contributed by atoms with Gasteiger partial charge in [0.15, 0.2) is 9.84 Å². The third kappa shape index (κ3) is 2.94. The molecule has 5 rings (SSSR count). The summed E-state index contributed by atoms with van der Waals surface area (Å²) >= 11 is 6.19. The highest BCUT2D eigenvalue weighted by atomic mass is 35.5. The molecule has 0 unspecified atom stereocenters. The first kappa shape index (κ1) is 21.6. The van der Waals surface area contributed by atoms with E-state index in [0.717, 1.165) is 10.5 Å². The SMILES string of the molecule is Cc1cccc(N2C(=O)CS(=O)(=O)[C@@]23C(=O)N(Cc2c(F)cccc2Cl)c2ccccc23)c1. The maximum absolute atomic E-state index is 14.6. The number of halogens is 2. The van der Waals surface area contributed by atoms with Gasteiger partial charge in [0.25, 0.3) is 10.8 Å². The molecule has 168 valence electrons. The molecule has 0 radical (unpaired) electrons. The number of rotatable bonds is 3. The number of anilines is 2. The van der Waals surface area contributed by atoms with Crippen LogP contribution in [-0.2, 0) is 30.8 Å². The molecule has 0 N–H and O–H groups in total. The summed E-state index contributed by atoms with van der Waals surface area (Å²) in [5.74, 6) is -2.96. The smallest absolute Gasteiger partial charge is 0.274 e. The third-order valence-electron chi connectivity index (χ3n) is 6.06. The van der Waals surface area contributed by atoms with Crippen molar-refractivity contribution in [2.45, 2.75) is 18.3 Å². The zero-order valence-electron chi connectivity index (χ0n) is 17.5. The van der Waals surface area contributed by atoms with Crippen molar-refractivity contribution >= 4 is 44.6 Å². The summed E-state index contributed by atoms with van der Waals surface area (Å²) in [7, 11) is -4.30. The number of para-hydroxylation sites is 1. The van der Waals surface area contributed by atoms with Gasteiger partial charge in [-0.1, -0.05) is 48.0 Å². The summed E-state index contributed by atoms with van der Waals surface area (Å²) in [6.07, 6.45) is 0. The van der Waals surface area contributed by atoms with Crippen LogP contribution in [0, 0.1) is 12.7 Å². The number of hydrogen-bond acceptors (Lipinski definition) is 4. The number of nitrogens with zero attached hydrogens (tertiary/aromatic N) is 2. The molecule has 2 aliphatic rings. The Morgan fingerprint density at radius 3 is 2.48 bits per heavy atom. The summed E-state index contributed by atoms with van der Waals surface area (Å²) in [4.78, 5) is 27.1. The van der Waals surface area contributed by atoms with E-state index in [0.29, 0.717) is 5.69 Å². The predicted molar refractivity (Wildman–Crippen MR) is 123 cm³/mol. The fourth-order valence-electron chi connectivity index (χ4n) is 4.66. The van der Waals surface area contributed by atoms with E-state index in [1.54, 1.807) is 36.4 Å². The summed E-state index contributed by atoms with van der Waals surface area (Å²) in [6, 6.07) is 17.3. The van der Waals surface area contributed by atoms with Crippen molar-refractivity contribution in [2.24, 2.45) is 0 Å². The van der Waals surface area contributed by atoms with E-state index >= 15 is 0 Å². The zero-order chi connectivity index (χ0) is 23.5. The molecular weight excluding hydrogens is 467 g/mol. The first-order valence-corrected chi connectivity index (χ1v) is 12.2. The van der Waals surface area contributed by atoms with Gasteiger partial charge in [-0.15, -0.1) is 0 Å². The van der Waals surface area contributed by atoms with Gasteiger partial charge in [0.1, 0.15) is 11.6 Å². The number of sulfone groups is 1. The van der Waals surface area contributed by atoms with Crippen molar-refractivity contribution in [1.82, 2.24) is 0 Å². The molecule has 1 saturated heterocycles. The van der Waals surface area contributed by atoms with E-state index in [1.807, 2.05) is 13.0 Å². The van der Waals surface area contributed by atoms with Gasteiger partial charge < -0.3 is 4.90 Å². The molecular formula is C24H18ClFN2O4S. The average Bonchev–Trinajstić information content (AvgIpc) is 3.13. The fourth-order valence-corrected chi connectivity index (χ4v) is 6.91. The normalized spacial score (nSPS) is 21.2. The molecule has 33 heavy (non-hydrogen) atoms. The highest BCUT2D eigenvalue weighted by Gasteiger charge is 2.69. The minimum Gasteiger partial charge on any atom is -0.304 e. The van der Waals surface area contributed by atoms with Crippen molar-refractivity contribution in [2.75, 3.05) is 15.6 Å². The van der Waals surface area contributed by atoms with Crippen LogP contribution in [0.3, 0.4) is 0 Å². The lowest BCUT2D eigenvalue weighted by Crippen LogP contribution is -2.54. The van der Waals surface area contributed by atoms with E-state index in [9.17, 15) is 22.4 Å². The van der Waals surface area contributed by atoms with Gasteiger partial charge in [-0.05, 0) is 42.8 Å². The third-order valence-corrected chi connectivity index (χ3v) is 8.52. The molecule has 2 aliphatic heterocycles. The summed E-state index contributed by atoms with van der Waals surface area (Å²) < 4.78 is 41.7. The Morgan fingerprint density at radius 2 is 1.76 bits per heavy atom. The number of benzene rings is 3. The predicted octanol–water partition coefficient (Wildman–Crippen LogP) is 3.95. The molecule has 1 spiro atoms. The van der Waals surface area contributed by atoms with Crippen LogP contribution < -0.4 is 9.80 Å². The largest absolute Gasteiger partial charge is 0.304 e. The van der Waals surface area contributed by atoms with Gasteiger partial charge in [0.2, 0.25) is 5.91 Å². The Labute approximate surface area is 195 Å². The average molecular weight is 485 g/mol. The highest BCUT2D eigenvalue weighted by molar-refractivity contribution is 7.94. The van der Waals surface area contributed by atoms with E-state index in [2.05, 4.69) is 0 Å². The number of carbonyl (C=O) groups excluding carboxylic acids is 2. The highest BCUT2D eigenvalue weighted by Crippen LogP contribution is 2.53. The monoisotopic (exact) mass is 484 g/mol. The second-order valence-electron chi connectivity index (χ2n) is 8.08. The number of hydrogen-bond donors (Lipinski definition) is 0. The molecule has 0 bridgehead atoms. The van der Waals surface area contributed by atoms with Crippen molar-refractivity contribution < 1.29 is 22.4 Å². The zero-order valence-corrected chi connectivity index (χ0v) is 19.0. The van der Waals surface area contributed by atoms with Crippen LogP contribution in [0.25, 0.3) is 0 Å². The Morgan fingerprint density at radius 1 is 1.03 bits per heavy atom. The lowest BCUT2D eigenvalue weighted by atomic mass is 10.0.